The van der Waals surface area contributed by atoms with Gasteiger partial charge in [-0.1, -0.05) is 18.2 Å². The molecule has 0 aliphatic rings. The van der Waals surface area contributed by atoms with Crippen LogP contribution in [-0.4, -0.2) is 25.7 Å². The van der Waals surface area contributed by atoms with Crippen molar-refractivity contribution < 1.29 is 14.8 Å². The summed E-state index contributed by atoms with van der Waals surface area (Å²) in [6.45, 7) is 3.03. The van der Waals surface area contributed by atoms with Crippen molar-refractivity contribution in [1.82, 2.24) is 4.98 Å². The van der Waals surface area contributed by atoms with E-state index < -0.39 is 15.6 Å². The number of carboxylic acids is 1. The average Bonchev–Trinajstić information content (AvgIpc) is 2.38. The lowest BCUT2D eigenvalue weighted by molar-refractivity contribution is -0.387. The highest BCUT2D eigenvalue weighted by Crippen LogP contribution is 2.41. The van der Waals surface area contributed by atoms with Crippen molar-refractivity contribution in [3.05, 3.63) is 40.6 Å². The molecule has 0 aliphatic carbocycles. The number of para-hydroxylation sites is 1. The van der Waals surface area contributed by atoms with Crippen LogP contribution in [0.5, 0.6) is 0 Å². The normalized spacial score (nSPS) is 11.5. The Kier molecular flexibility index (Phi) is 3.63. The summed E-state index contributed by atoms with van der Waals surface area (Å²) < 4.78 is -1.17. The molecule has 1 N–H and O–H groups in total. The number of nitrogens with zero attached hydrogens (tertiary/aromatic N) is 2. The molecule has 0 bridgehead atoms. The second-order valence-corrected chi connectivity index (χ2v) is 6.30. The van der Waals surface area contributed by atoms with Crippen molar-refractivity contribution in [1.29, 1.82) is 0 Å². The van der Waals surface area contributed by atoms with Gasteiger partial charge in [0.05, 0.1) is 15.3 Å². The summed E-state index contributed by atoms with van der Waals surface area (Å²) in [6, 6.07) is 6.95. The molecule has 0 aliphatic heterocycles. The molecule has 1 heterocycles. The molecule has 6 nitrogen and oxygen atoms in total. The zero-order valence-electron chi connectivity index (χ0n) is 10.9. The van der Waals surface area contributed by atoms with Crippen molar-refractivity contribution in [2.24, 2.45) is 0 Å². The van der Waals surface area contributed by atoms with Gasteiger partial charge in [0, 0.05) is 5.39 Å². The Hall–Kier alpha value is -2.15. The van der Waals surface area contributed by atoms with Crippen LogP contribution >= 0.6 is 11.8 Å². The number of rotatable bonds is 4. The van der Waals surface area contributed by atoms with Crippen LogP contribution in [0.4, 0.5) is 5.69 Å². The summed E-state index contributed by atoms with van der Waals surface area (Å²) in [5.41, 5.74) is 0.421. The summed E-state index contributed by atoms with van der Waals surface area (Å²) >= 11 is 0.957. The summed E-state index contributed by atoms with van der Waals surface area (Å²) in [4.78, 5) is 26.2. The minimum atomic E-state index is -1.17. The van der Waals surface area contributed by atoms with E-state index in [1.807, 2.05) is 0 Å². The highest BCUT2D eigenvalue weighted by Gasteiger charge is 2.32. The quantitative estimate of drug-likeness (QED) is 0.528. The minimum Gasteiger partial charge on any atom is -0.480 e. The van der Waals surface area contributed by atoms with Gasteiger partial charge in [-0.15, -0.1) is 11.8 Å². The van der Waals surface area contributed by atoms with Crippen molar-refractivity contribution in [2.45, 2.75) is 23.5 Å². The van der Waals surface area contributed by atoms with E-state index in [2.05, 4.69) is 4.98 Å². The van der Waals surface area contributed by atoms with Crippen molar-refractivity contribution in [3.8, 4) is 0 Å². The van der Waals surface area contributed by atoms with Gasteiger partial charge in [0.15, 0.2) is 0 Å². The molecule has 0 saturated carbocycles. The third-order valence-corrected chi connectivity index (χ3v) is 4.09. The monoisotopic (exact) mass is 292 g/mol. The highest BCUT2D eigenvalue weighted by atomic mass is 32.2. The lowest BCUT2D eigenvalue weighted by Gasteiger charge is -2.19. The number of nitro groups is 1. The average molecular weight is 292 g/mol. The number of aliphatic carboxylic acids is 1. The maximum Gasteiger partial charge on any atom is 0.319 e. The lowest BCUT2D eigenvalue weighted by Crippen LogP contribution is -2.27. The third kappa shape index (κ3) is 2.57. The van der Waals surface area contributed by atoms with E-state index in [1.165, 1.54) is 20.0 Å². The van der Waals surface area contributed by atoms with E-state index in [-0.39, 0.29) is 5.69 Å². The molecule has 2 rings (SSSR count). The summed E-state index contributed by atoms with van der Waals surface area (Å²) in [5, 5.41) is 20.9. The van der Waals surface area contributed by atoms with Crippen LogP contribution in [0.1, 0.15) is 13.8 Å². The number of hydrogen-bond donors (Lipinski definition) is 1. The van der Waals surface area contributed by atoms with Gasteiger partial charge in [-0.2, -0.15) is 0 Å². The molecular weight excluding hydrogens is 280 g/mol. The third-order valence-electron chi connectivity index (χ3n) is 2.78. The van der Waals surface area contributed by atoms with Gasteiger partial charge in [0.2, 0.25) is 0 Å². The Morgan fingerprint density at radius 2 is 2.05 bits per heavy atom. The lowest BCUT2D eigenvalue weighted by atomic mass is 10.2. The Morgan fingerprint density at radius 3 is 2.65 bits per heavy atom. The number of aromatic nitrogens is 1. The SMILES string of the molecule is CC(C)(Sc1c([N+](=O)[O-])cnc2ccccc12)C(=O)O. The molecule has 2 aromatic rings. The Balaban J connectivity index is 2.67. The summed E-state index contributed by atoms with van der Waals surface area (Å²) in [7, 11) is 0. The van der Waals surface area contributed by atoms with Crippen LogP contribution in [0, 0.1) is 10.1 Å². The smallest absolute Gasteiger partial charge is 0.319 e. The Bertz CT molecular complexity index is 700. The van der Waals surface area contributed by atoms with Crippen molar-refractivity contribution >= 4 is 34.3 Å². The number of fused-ring (bicyclic) bond motifs is 1. The highest BCUT2D eigenvalue weighted by molar-refractivity contribution is 8.01. The molecule has 1 aromatic heterocycles. The maximum atomic E-state index is 11.2. The van der Waals surface area contributed by atoms with E-state index in [0.29, 0.717) is 15.8 Å². The number of pyridine rings is 1. The first-order valence-corrected chi connectivity index (χ1v) is 6.59. The first kappa shape index (κ1) is 14.3. The van der Waals surface area contributed by atoms with E-state index in [9.17, 15) is 20.0 Å². The molecule has 0 spiro atoms. The van der Waals surface area contributed by atoms with Crippen LogP contribution in [-0.2, 0) is 4.79 Å². The molecule has 7 heteroatoms. The number of carbonyl (C=O) groups is 1. The largest absolute Gasteiger partial charge is 0.480 e. The summed E-state index contributed by atoms with van der Waals surface area (Å²) in [5.74, 6) is -1.03. The minimum absolute atomic E-state index is 0.178. The van der Waals surface area contributed by atoms with Gasteiger partial charge in [-0.3, -0.25) is 14.9 Å². The van der Waals surface area contributed by atoms with E-state index in [1.54, 1.807) is 24.3 Å². The molecule has 0 saturated heterocycles. The molecule has 0 unspecified atom stereocenters. The Morgan fingerprint density at radius 1 is 1.40 bits per heavy atom. The van der Waals surface area contributed by atoms with Gasteiger partial charge in [-0.05, 0) is 19.9 Å². The topological polar surface area (TPSA) is 93.3 Å². The molecule has 104 valence electrons. The van der Waals surface area contributed by atoms with Crippen LogP contribution in [0.15, 0.2) is 35.4 Å². The fraction of sp³-hybridized carbons (Fsp3) is 0.231. The van der Waals surface area contributed by atoms with E-state index >= 15 is 0 Å². The molecule has 0 radical (unpaired) electrons. The van der Waals surface area contributed by atoms with Crippen molar-refractivity contribution in [2.75, 3.05) is 0 Å². The molecule has 1 aromatic carbocycles. The second kappa shape index (κ2) is 5.09. The van der Waals surface area contributed by atoms with E-state index in [4.69, 9.17) is 0 Å². The van der Waals surface area contributed by atoms with Gasteiger partial charge in [0.1, 0.15) is 10.9 Å². The Labute approximate surface area is 119 Å². The molecule has 0 fully saturated rings. The van der Waals surface area contributed by atoms with Gasteiger partial charge in [-0.25, -0.2) is 4.98 Å². The number of hydrogen-bond acceptors (Lipinski definition) is 5. The molecular formula is C13H12N2O4S. The molecule has 20 heavy (non-hydrogen) atoms. The fourth-order valence-corrected chi connectivity index (χ4v) is 2.75. The zero-order valence-corrected chi connectivity index (χ0v) is 11.7. The molecule has 0 amide bonds. The van der Waals surface area contributed by atoms with Gasteiger partial charge < -0.3 is 5.11 Å². The first-order chi connectivity index (χ1) is 9.33. The van der Waals surface area contributed by atoms with Crippen LogP contribution in [0.25, 0.3) is 10.9 Å². The van der Waals surface area contributed by atoms with Crippen LogP contribution in [0.2, 0.25) is 0 Å². The predicted molar refractivity (Wildman–Crippen MR) is 76.0 cm³/mol. The maximum absolute atomic E-state index is 11.2. The van der Waals surface area contributed by atoms with Gasteiger partial charge >= 0.3 is 11.7 Å². The summed E-state index contributed by atoms with van der Waals surface area (Å²) in [6.07, 6.45) is 1.17. The second-order valence-electron chi connectivity index (χ2n) is 4.66. The number of carboxylic acid groups (broad SMARTS) is 1. The molecule has 0 atom stereocenters. The van der Waals surface area contributed by atoms with Crippen molar-refractivity contribution in [3.63, 3.8) is 0 Å². The zero-order chi connectivity index (χ0) is 14.9. The fourth-order valence-electron chi connectivity index (χ4n) is 1.64. The van der Waals surface area contributed by atoms with Gasteiger partial charge in [0.25, 0.3) is 0 Å². The standard InChI is InChI=1S/C13H12N2O4S/c1-13(2,12(16)17)20-11-8-5-3-4-6-9(8)14-7-10(11)15(18)19/h3-7H,1-2H3,(H,16,17). The number of benzene rings is 1. The number of thioether (sulfide) groups is 1. The first-order valence-electron chi connectivity index (χ1n) is 5.77. The van der Waals surface area contributed by atoms with Crippen LogP contribution < -0.4 is 0 Å². The van der Waals surface area contributed by atoms with Crippen LogP contribution in [0.3, 0.4) is 0 Å². The predicted octanol–water partition coefficient (Wildman–Crippen LogP) is 3.10. The van der Waals surface area contributed by atoms with E-state index in [0.717, 1.165) is 11.8 Å².